The third-order valence-corrected chi connectivity index (χ3v) is 5.28. The highest BCUT2D eigenvalue weighted by Crippen LogP contribution is 2.66. The fourth-order valence-corrected chi connectivity index (χ4v) is 3.80. The van der Waals surface area contributed by atoms with Crippen LogP contribution in [-0.4, -0.2) is 15.5 Å². The SMILES string of the molecule is CC1=C(O)C=CC2(c3ccc(O)c(C)c3)SC12. The van der Waals surface area contributed by atoms with E-state index in [0.29, 0.717) is 16.8 Å². The summed E-state index contributed by atoms with van der Waals surface area (Å²) in [5, 5.41) is 19.6. The average molecular weight is 246 g/mol. The van der Waals surface area contributed by atoms with Crippen LogP contribution in [0.1, 0.15) is 18.1 Å². The molecule has 2 aliphatic rings. The summed E-state index contributed by atoms with van der Waals surface area (Å²) in [6, 6.07) is 5.74. The van der Waals surface area contributed by atoms with Crippen molar-refractivity contribution >= 4 is 11.8 Å². The van der Waals surface area contributed by atoms with Crippen LogP contribution >= 0.6 is 11.8 Å². The first-order valence-corrected chi connectivity index (χ1v) is 6.49. The van der Waals surface area contributed by atoms with Gasteiger partial charge in [0.15, 0.2) is 0 Å². The monoisotopic (exact) mass is 246 g/mol. The zero-order valence-corrected chi connectivity index (χ0v) is 10.6. The number of hydrogen-bond donors (Lipinski definition) is 2. The molecule has 1 aromatic rings. The Bertz CT molecular complexity index is 559. The van der Waals surface area contributed by atoms with Crippen molar-refractivity contribution in [3.05, 3.63) is 52.8 Å². The highest BCUT2D eigenvalue weighted by Gasteiger charge is 2.57. The molecule has 3 rings (SSSR count). The summed E-state index contributed by atoms with van der Waals surface area (Å²) >= 11 is 1.84. The Morgan fingerprint density at radius 1 is 1.24 bits per heavy atom. The van der Waals surface area contributed by atoms with Crippen LogP contribution in [0.25, 0.3) is 0 Å². The van der Waals surface area contributed by atoms with Gasteiger partial charge in [0.25, 0.3) is 0 Å². The zero-order valence-electron chi connectivity index (χ0n) is 9.77. The van der Waals surface area contributed by atoms with Gasteiger partial charge in [-0.3, -0.25) is 0 Å². The topological polar surface area (TPSA) is 40.5 Å². The normalized spacial score (nSPS) is 30.4. The number of rotatable bonds is 1. The number of aromatic hydroxyl groups is 1. The Morgan fingerprint density at radius 2 is 2.00 bits per heavy atom. The molecule has 1 aromatic carbocycles. The number of benzene rings is 1. The quantitative estimate of drug-likeness (QED) is 0.746. The lowest BCUT2D eigenvalue weighted by molar-refractivity contribution is 0.419. The number of aliphatic hydroxyl groups is 1. The molecule has 0 bridgehead atoms. The Kier molecular flexibility index (Phi) is 2.11. The number of aliphatic hydroxyl groups excluding tert-OH is 1. The van der Waals surface area contributed by atoms with E-state index in [2.05, 4.69) is 6.08 Å². The summed E-state index contributed by atoms with van der Waals surface area (Å²) in [4.78, 5) is 0. The van der Waals surface area contributed by atoms with Gasteiger partial charge in [-0.05, 0) is 42.7 Å². The third-order valence-electron chi connectivity index (χ3n) is 3.58. The van der Waals surface area contributed by atoms with Crippen LogP contribution in [-0.2, 0) is 4.75 Å². The standard InChI is InChI=1S/C14H14O2S/c1-8-7-10(3-4-11(8)15)14-6-5-12(16)9(2)13(14)17-14/h3-7,13,15-16H,1-2H3. The molecule has 1 aliphatic carbocycles. The third kappa shape index (κ3) is 1.42. The minimum absolute atomic E-state index is 0.0191. The molecule has 0 saturated carbocycles. The molecule has 2 nitrogen and oxygen atoms in total. The molecule has 2 atom stereocenters. The molecule has 17 heavy (non-hydrogen) atoms. The number of allylic oxidation sites excluding steroid dienone is 1. The molecule has 2 unspecified atom stereocenters. The molecule has 1 heterocycles. The minimum atomic E-state index is -0.0191. The van der Waals surface area contributed by atoms with Crippen molar-refractivity contribution in [2.45, 2.75) is 23.8 Å². The maximum absolute atomic E-state index is 9.67. The van der Waals surface area contributed by atoms with Gasteiger partial charge < -0.3 is 10.2 Å². The van der Waals surface area contributed by atoms with E-state index < -0.39 is 0 Å². The summed E-state index contributed by atoms with van der Waals surface area (Å²) in [7, 11) is 0. The second-order valence-electron chi connectivity index (χ2n) is 4.69. The van der Waals surface area contributed by atoms with Gasteiger partial charge in [0, 0.05) is 0 Å². The fraction of sp³-hybridized carbons (Fsp3) is 0.286. The molecule has 1 fully saturated rings. The molecule has 1 saturated heterocycles. The number of phenols is 1. The maximum Gasteiger partial charge on any atom is 0.118 e. The maximum atomic E-state index is 9.67. The number of aryl methyl sites for hydroxylation is 1. The average Bonchev–Trinajstić information content (AvgIpc) is 3.04. The van der Waals surface area contributed by atoms with E-state index in [1.165, 1.54) is 5.56 Å². The molecule has 0 spiro atoms. The largest absolute Gasteiger partial charge is 0.508 e. The predicted octanol–water partition coefficient (Wildman–Crippen LogP) is 3.41. The molecule has 0 aromatic heterocycles. The van der Waals surface area contributed by atoms with E-state index in [0.717, 1.165) is 11.1 Å². The van der Waals surface area contributed by atoms with E-state index >= 15 is 0 Å². The Balaban J connectivity index is 2.03. The van der Waals surface area contributed by atoms with E-state index in [1.807, 2.05) is 37.7 Å². The van der Waals surface area contributed by atoms with Crippen LogP contribution in [0.2, 0.25) is 0 Å². The van der Waals surface area contributed by atoms with Crippen LogP contribution in [0, 0.1) is 6.92 Å². The van der Waals surface area contributed by atoms with E-state index in [4.69, 9.17) is 0 Å². The number of thioether (sulfide) groups is 1. The lowest BCUT2D eigenvalue weighted by Crippen LogP contribution is -2.14. The summed E-state index contributed by atoms with van der Waals surface area (Å²) in [6.07, 6.45) is 3.85. The van der Waals surface area contributed by atoms with Gasteiger partial charge in [-0.25, -0.2) is 0 Å². The van der Waals surface area contributed by atoms with Crippen molar-refractivity contribution in [2.75, 3.05) is 0 Å². The van der Waals surface area contributed by atoms with Crippen molar-refractivity contribution in [3.63, 3.8) is 0 Å². The van der Waals surface area contributed by atoms with Crippen LogP contribution in [0.3, 0.4) is 0 Å². The molecule has 2 N–H and O–H groups in total. The second kappa shape index (κ2) is 3.33. The van der Waals surface area contributed by atoms with Gasteiger partial charge in [0.2, 0.25) is 0 Å². The Morgan fingerprint density at radius 3 is 2.71 bits per heavy atom. The first kappa shape index (κ1) is 10.8. The smallest absolute Gasteiger partial charge is 0.118 e. The van der Waals surface area contributed by atoms with E-state index in [9.17, 15) is 10.2 Å². The predicted molar refractivity (Wildman–Crippen MR) is 70.4 cm³/mol. The molecular weight excluding hydrogens is 232 g/mol. The fourth-order valence-electron chi connectivity index (χ4n) is 2.38. The Hall–Kier alpha value is -1.35. The van der Waals surface area contributed by atoms with Crippen molar-refractivity contribution in [3.8, 4) is 5.75 Å². The number of phenolic OH excluding ortho intramolecular Hbond substituents is 1. The van der Waals surface area contributed by atoms with Crippen LogP contribution in [0.4, 0.5) is 0 Å². The molecule has 88 valence electrons. The van der Waals surface area contributed by atoms with E-state index in [1.54, 1.807) is 12.1 Å². The van der Waals surface area contributed by atoms with Crippen LogP contribution in [0.5, 0.6) is 5.75 Å². The van der Waals surface area contributed by atoms with Gasteiger partial charge in [-0.15, -0.1) is 11.8 Å². The van der Waals surface area contributed by atoms with Crippen molar-refractivity contribution in [1.82, 2.24) is 0 Å². The van der Waals surface area contributed by atoms with Crippen LogP contribution < -0.4 is 0 Å². The lowest BCUT2D eigenvalue weighted by Gasteiger charge is -2.16. The van der Waals surface area contributed by atoms with Gasteiger partial charge >= 0.3 is 0 Å². The van der Waals surface area contributed by atoms with Crippen molar-refractivity contribution in [2.24, 2.45) is 0 Å². The van der Waals surface area contributed by atoms with Gasteiger partial charge in [-0.1, -0.05) is 18.2 Å². The van der Waals surface area contributed by atoms with Crippen LogP contribution in [0.15, 0.2) is 41.7 Å². The molecular formula is C14H14O2S. The summed E-state index contributed by atoms with van der Waals surface area (Å²) in [6.45, 7) is 3.88. The molecule has 3 heteroatoms. The zero-order chi connectivity index (χ0) is 12.2. The lowest BCUT2D eigenvalue weighted by atomic mass is 9.87. The van der Waals surface area contributed by atoms with Crippen molar-refractivity contribution < 1.29 is 10.2 Å². The first-order chi connectivity index (χ1) is 8.04. The summed E-state index contributed by atoms with van der Waals surface area (Å²) < 4.78 is -0.0191. The molecule has 0 amide bonds. The highest BCUT2D eigenvalue weighted by atomic mass is 32.2. The highest BCUT2D eigenvalue weighted by molar-refractivity contribution is 8.08. The summed E-state index contributed by atoms with van der Waals surface area (Å²) in [5.74, 6) is 0.730. The van der Waals surface area contributed by atoms with Gasteiger partial charge in [-0.2, -0.15) is 0 Å². The second-order valence-corrected chi connectivity index (χ2v) is 6.08. The number of fused-ring (bicyclic) bond motifs is 1. The Labute approximate surface area is 105 Å². The summed E-state index contributed by atoms with van der Waals surface area (Å²) in [5.41, 5.74) is 3.14. The van der Waals surface area contributed by atoms with E-state index in [-0.39, 0.29) is 4.75 Å². The number of hydrogen-bond acceptors (Lipinski definition) is 3. The minimum Gasteiger partial charge on any atom is -0.508 e. The molecule has 0 radical (unpaired) electrons. The first-order valence-electron chi connectivity index (χ1n) is 5.61. The molecule has 1 aliphatic heterocycles. The van der Waals surface area contributed by atoms with Gasteiger partial charge in [0.05, 0.1) is 10.00 Å². The van der Waals surface area contributed by atoms with Crippen molar-refractivity contribution in [1.29, 1.82) is 0 Å². The van der Waals surface area contributed by atoms with Gasteiger partial charge in [0.1, 0.15) is 11.5 Å².